The molecule has 1 saturated heterocycles. The molecule has 0 N–H and O–H groups in total. The van der Waals surface area contributed by atoms with Crippen molar-refractivity contribution in [2.45, 2.75) is 38.9 Å². The molecule has 1 atom stereocenters. The minimum absolute atomic E-state index is 0.471. The Kier molecular flexibility index (Phi) is 4.13. The fraction of sp³-hybridized carbons (Fsp3) is 0.389. The van der Waals surface area contributed by atoms with Crippen LogP contribution < -0.4 is 0 Å². The average molecular weight is 323 g/mol. The zero-order chi connectivity index (χ0) is 16.4. The number of likely N-dealkylation sites (tertiary alicyclic amines) is 1. The maximum absolute atomic E-state index is 5.49. The van der Waals surface area contributed by atoms with Crippen LogP contribution in [0.1, 0.15) is 24.3 Å². The van der Waals surface area contributed by atoms with E-state index >= 15 is 0 Å². The Labute approximate surface area is 141 Å². The van der Waals surface area contributed by atoms with Crippen LogP contribution in [0.15, 0.2) is 47.2 Å². The Balaban J connectivity index is 1.46. The molecule has 1 aliphatic rings. The Bertz CT molecular complexity index is 795. The maximum Gasteiger partial charge on any atom is 0.241 e. The van der Waals surface area contributed by atoms with Crippen molar-refractivity contribution in [1.29, 1.82) is 0 Å². The van der Waals surface area contributed by atoms with E-state index in [1.165, 1.54) is 12.8 Å². The van der Waals surface area contributed by atoms with Gasteiger partial charge in [0.2, 0.25) is 11.7 Å². The standard InChI is InChI=1S/C18H21N5O/c1-14-6-2-3-8-16(14)18-20-17(24-21-18)13-22-10-4-7-15(22)12-23-11-5-9-19-23/h2-3,5-6,8-9,11,15H,4,7,10,12-13H2,1H3. The van der Waals surface area contributed by atoms with Gasteiger partial charge in [0.25, 0.3) is 0 Å². The van der Waals surface area contributed by atoms with Crippen LogP contribution >= 0.6 is 0 Å². The topological polar surface area (TPSA) is 60.0 Å². The normalized spacial score (nSPS) is 18.3. The molecule has 3 aromatic rings. The molecule has 1 unspecified atom stereocenters. The summed E-state index contributed by atoms with van der Waals surface area (Å²) in [6.07, 6.45) is 6.22. The molecule has 0 radical (unpaired) electrons. The molecule has 0 amide bonds. The molecule has 6 heteroatoms. The summed E-state index contributed by atoms with van der Waals surface area (Å²) in [4.78, 5) is 7.01. The second-order valence-corrected chi connectivity index (χ2v) is 6.32. The summed E-state index contributed by atoms with van der Waals surface area (Å²) in [6.45, 7) is 4.73. The van der Waals surface area contributed by atoms with Crippen LogP contribution in [0.25, 0.3) is 11.4 Å². The van der Waals surface area contributed by atoms with E-state index in [9.17, 15) is 0 Å². The molecule has 124 valence electrons. The third kappa shape index (κ3) is 3.10. The summed E-state index contributed by atoms with van der Waals surface area (Å²) < 4.78 is 7.49. The van der Waals surface area contributed by atoms with E-state index in [2.05, 4.69) is 33.1 Å². The molecule has 2 aromatic heterocycles. The molecule has 0 spiro atoms. The lowest BCUT2D eigenvalue weighted by Crippen LogP contribution is -2.32. The number of hydrogen-bond donors (Lipinski definition) is 0. The third-order valence-electron chi connectivity index (χ3n) is 4.65. The fourth-order valence-electron chi connectivity index (χ4n) is 3.36. The molecule has 24 heavy (non-hydrogen) atoms. The molecule has 0 saturated carbocycles. The molecule has 3 heterocycles. The first-order chi connectivity index (χ1) is 11.8. The van der Waals surface area contributed by atoms with Gasteiger partial charge in [0.05, 0.1) is 13.1 Å². The van der Waals surface area contributed by atoms with Gasteiger partial charge >= 0.3 is 0 Å². The van der Waals surface area contributed by atoms with E-state index < -0.39 is 0 Å². The predicted octanol–water partition coefficient (Wildman–Crippen LogP) is 2.91. The van der Waals surface area contributed by atoms with E-state index in [0.717, 1.165) is 24.2 Å². The number of aromatic nitrogens is 4. The Morgan fingerprint density at radius 2 is 2.17 bits per heavy atom. The highest BCUT2D eigenvalue weighted by Crippen LogP contribution is 2.23. The van der Waals surface area contributed by atoms with E-state index in [4.69, 9.17) is 4.52 Å². The molecule has 0 aliphatic carbocycles. The predicted molar refractivity (Wildman–Crippen MR) is 90.1 cm³/mol. The van der Waals surface area contributed by atoms with Crippen molar-refractivity contribution in [2.75, 3.05) is 6.54 Å². The largest absolute Gasteiger partial charge is 0.338 e. The Morgan fingerprint density at radius 3 is 3.00 bits per heavy atom. The minimum atomic E-state index is 0.471. The third-order valence-corrected chi connectivity index (χ3v) is 4.65. The van der Waals surface area contributed by atoms with Crippen LogP contribution in [-0.2, 0) is 13.1 Å². The number of aryl methyl sites for hydroxylation is 1. The average Bonchev–Trinajstić information content (AvgIpc) is 3.32. The molecule has 1 fully saturated rings. The minimum Gasteiger partial charge on any atom is -0.338 e. The van der Waals surface area contributed by atoms with Crippen molar-refractivity contribution < 1.29 is 4.52 Å². The summed E-state index contributed by atoms with van der Waals surface area (Å²) in [7, 11) is 0. The SMILES string of the molecule is Cc1ccccc1-c1noc(CN2CCCC2Cn2cccn2)n1. The highest BCUT2D eigenvalue weighted by molar-refractivity contribution is 5.58. The van der Waals surface area contributed by atoms with Crippen molar-refractivity contribution >= 4 is 0 Å². The lowest BCUT2D eigenvalue weighted by molar-refractivity contribution is 0.192. The second-order valence-electron chi connectivity index (χ2n) is 6.32. The first-order valence-corrected chi connectivity index (χ1v) is 8.39. The smallest absolute Gasteiger partial charge is 0.241 e. The zero-order valence-corrected chi connectivity index (χ0v) is 13.8. The molecule has 6 nitrogen and oxygen atoms in total. The molecular formula is C18H21N5O. The van der Waals surface area contributed by atoms with Gasteiger partial charge in [-0.05, 0) is 37.9 Å². The molecule has 4 rings (SSSR count). The number of nitrogens with zero attached hydrogens (tertiary/aromatic N) is 5. The first-order valence-electron chi connectivity index (χ1n) is 8.39. The van der Waals surface area contributed by atoms with Crippen LogP contribution in [0, 0.1) is 6.92 Å². The van der Waals surface area contributed by atoms with Gasteiger partial charge in [-0.1, -0.05) is 29.4 Å². The molecule has 0 bridgehead atoms. The van der Waals surface area contributed by atoms with Gasteiger partial charge in [-0.25, -0.2) is 0 Å². The number of hydrogen-bond acceptors (Lipinski definition) is 5. The maximum atomic E-state index is 5.49. The van der Waals surface area contributed by atoms with Crippen molar-refractivity contribution in [3.63, 3.8) is 0 Å². The lowest BCUT2D eigenvalue weighted by Gasteiger charge is -2.22. The lowest BCUT2D eigenvalue weighted by atomic mass is 10.1. The Hall–Kier alpha value is -2.47. The van der Waals surface area contributed by atoms with E-state index in [-0.39, 0.29) is 0 Å². The number of rotatable bonds is 5. The van der Waals surface area contributed by atoms with Crippen molar-refractivity contribution in [3.05, 3.63) is 54.2 Å². The monoisotopic (exact) mass is 323 g/mol. The molecular weight excluding hydrogens is 302 g/mol. The van der Waals surface area contributed by atoms with Crippen molar-refractivity contribution in [2.24, 2.45) is 0 Å². The van der Waals surface area contributed by atoms with Gasteiger partial charge in [-0.3, -0.25) is 9.58 Å². The second kappa shape index (κ2) is 6.57. The first kappa shape index (κ1) is 15.1. The van der Waals surface area contributed by atoms with E-state index in [1.807, 2.05) is 41.3 Å². The van der Waals surface area contributed by atoms with Crippen LogP contribution in [0.5, 0.6) is 0 Å². The summed E-state index contributed by atoms with van der Waals surface area (Å²) in [5, 5.41) is 8.47. The summed E-state index contributed by atoms with van der Waals surface area (Å²) in [5.74, 6) is 1.35. The molecule has 1 aliphatic heterocycles. The number of benzene rings is 1. The highest BCUT2D eigenvalue weighted by Gasteiger charge is 2.26. The van der Waals surface area contributed by atoms with Gasteiger partial charge in [0, 0.05) is 24.0 Å². The Morgan fingerprint density at radius 1 is 1.25 bits per heavy atom. The van der Waals surface area contributed by atoms with Gasteiger partial charge in [0.15, 0.2) is 0 Å². The summed E-state index contributed by atoms with van der Waals surface area (Å²) in [5.41, 5.74) is 2.18. The van der Waals surface area contributed by atoms with Crippen molar-refractivity contribution in [3.8, 4) is 11.4 Å². The van der Waals surface area contributed by atoms with E-state index in [0.29, 0.717) is 24.3 Å². The zero-order valence-electron chi connectivity index (χ0n) is 13.8. The van der Waals surface area contributed by atoms with Crippen molar-refractivity contribution in [1.82, 2.24) is 24.8 Å². The quantitative estimate of drug-likeness (QED) is 0.722. The van der Waals surface area contributed by atoms with Crippen LogP contribution in [0.4, 0.5) is 0 Å². The summed E-state index contributed by atoms with van der Waals surface area (Å²) in [6, 6.07) is 10.5. The van der Waals surface area contributed by atoms with Gasteiger partial charge in [-0.2, -0.15) is 10.1 Å². The molecule has 1 aromatic carbocycles. The van der Waals surface area contributed by atoms with E-state index in [1.54, 1.807) is 0 Å². The van der Waals surface area contributed by atoms with Gasteiger partial charge in [-0.15, -0.1) is 0 Å². The summed E-state index contributed by atoms with van der Waals surface area (Å²) >= 11 is 0. The van der Waals surface area contributed by atoms with Crippen LogP contribution in [0.3, 0.4) is 0 Å². The van der Waals surface area contributed by atoms with Gasteiger partial charge < -0.3 is 4.52 Å². The fourth-order valence-corrected chi connectivity index (χ4v) is 3.36. The van der Waals surface area contributed by atoms with Crippen LogP contribution in [0.2, 0.25) is 0 Å². The highest BCUT2D eigenvalue weighted by atomic mass is 16.5. The van der Waals surface area contributed by atoms with Crippen LogP contribution in [-0.4, -0.2) is 37.4 Å². The van der Waals surface area contributed by atoms with Gasteiger partial charge in [0.1, 0.15) is 0 Å².